The van der Waals surface area contributed by atoms with E-state index in [0.717, 1.165) is 12.2 Å². The number of anilines is 2. The van der Waals surface area contributed by atoms with Gasteiger partial charge >= 0.3 is 0 Å². The fraction of sp³-hybridized carbons (Fsp3) is 0.417. The molecule has 7 heteroatoms. The summed E-state index contributed by atoms with van der Waals surface area (Å²) in [6.07, 6.45) is 2.43. The lowest BCUT2D eigenvalue weighted by atomic mass is 10.3. The SMILES string of the molecule is CCc1nc(NN)cc(NC(C)c2ncc(C)o2)n1. The maximum absolute atomic E-state index is 5.47. The van der Waals surface area contributed by atoms with Gasteiger partial charge in [0.1, 0.15) is 29.3 Å². The summed E-state index contributed by atoms with van der Waals surface area (Å²) in [5.74, 6) is 8.77. The average Bonchev–Trinajstić information content (AvgIpc) is 2.85. The third-order valence-corrected chi connectivity index (χ3v) is 2.61. The van der Waals surface area contributed by atoms with Crippen LogP contribution >= 0.6 is 0 Å². The van der Waals surface area contributed by atoms with Gasteiger partial charge in [0.15, 0.2) is 0 Å². The fourth-order valence-electron chi connectivity index (χ4n) is 1.66. The summed E-state index contributed by atoms with van der Waals surface area (Å²) in [6.45, 7) is 5.80. The lowest BCUT2D eigenvalue weighted by Gasteiger charge is -2.12. The van der Waals surface area contributed by atoms with Crippen molar-refractivity contribution in [1.82, 2.24) is 15.0 Å². The molecular formula is C12H18N6O. The molecule has 1 unspecified atom stereocenters. The highest BCUT2D eigenvalue weighted by Gasteiger charge is 2.12. The molecule has 19 heavy (non-hydrogen) atoms. The fourth-order valence-corrected chi connectivity index (χ4v) is 1.66. The van der Waals surface area contributed by atoms with E-state index in [4.69, 9.17) is 10.3 Å². The van der Waals surface area contributed by atoms with Crippen molar-refractivity contribution in [2.75, 3.05) is 10.7 Å². The summed E-state index contributed by atoms with van der Waals surface area (Å²) in [5, 5.41) is 3.22. The molecule has 0 aliphatic rings. The molecule has 0 saturated carbocycles. The van der Waals surface area contributed by atoms with Crippen LogP contribution < -0.4 is 16.6 Å². The van der Waals surface area contributed by atoms with Crippen LogP contribution in [0, 0.1) is 6.92 Å². The number of rotatable bonds is 5. The number of hydrogen-bond donors (Lipinski definition) is 3. The van der Waals surface area contributed by atoms with Gasteiger partial charge < -0.3 is 15.2 Å². The molecule has 0 aliphatic heterocycles. The van der Waals surface area contributed by atoms with E-state index in [1.165, 1.54) is 0 Å². The summed E-state index contributed by atoms with van der Waals surface area (Å²) in [6, 6.07) is 1.66. The van der Waals surface area contributed by atoms with Crippen molar-refractivity contribution < 1.29 is 4.42 Å². The first kappa shape index (κ1) is 13.3. The zero-order chi connectivity index (χ0) is 13.8. The second kappa shape index (κ2) is 5.66. The minimum Gasteiger partial charge on any atom is -0.444 e. The van der Waals surface area contributed by atoms with Crippen LogP contribution in [0.2, 0.25) is 0 Å². The van der Waals surface area contributed by atoms with Crippen molar-refractivity contribution in [3.8, 4) is 0 Å². The monoisotopic (exact) mass is 262 g/mol. The van der Waals surface area contributed by atoms with E-state index in [1.807, 2.05) is 20.8 Å². The molecule has 2 heterocycles. The first-order valence-electron chi connectivity index (χ1n) is 6.15. The smallest absolute Gasteiger partial charge is 0.216 e. The third kappa shape index (κ3) is 3.19. The summed E-state index contributed by atoms with van der Waals surface area (Å²) < 4.78 is 5.47. The topological polar surface area (TPSA) is 102 Å². The number of hydrogen-bond acceptors (Lipinski definition) is 7. The number of hydrazine groups is 1. The van der Waals surface area contributed by atoms with Crippen LogP contribution in [0.15, 0.2) is 16.7 Å². The number of oxazole rings is 1. The number of nitrogens with one attached hydrogen (secondary N) is 2. The molecule has 0 saturated heterocycles. The molecule has 0 fully saturated rings. The molecule has 0 aromatic carbocycles. The predicted octanol–water partition coefficient (Wildman–Crippen LogP) is 1.79. The van der Waals surface area contributed by atoms with E-state index in [2.05, 4.69) is 25.7 Å². The van der Waals surface area contributed by atoms with Crippen molar-refractivity contribution in [3.05, 3.63) is 29.7 Å². The van der Waals surface area contributed by atoms with E-state index in [1.54, 1.807) is 12.3 Å². The molecule has 102 valence electrons. The van der Waals surface area contributed by atoms with Crippen molar-refractivity contribution in [1.29, 1.82) is 0 Å². The van der Waals surface area contributed by atoms with Crippen LogP contribution in [0.3, 0.4) is 0 Å². The first-order valence-corrected chi connectivity index (χ1v) is 6.15. The molecule has 0 spiro atoms. The number of nitrogens with zero attached hydrogens (tertiary/aromatic N) is 3. The van der Waals surface area contributed by atoms with Gasteiger partial charge in [0.25, 0.3) is 0 Å². The Labute approximate surface area is 111 Å². The van der Waals surface area contributed by atoms with Crippen LogP contribution in [-0.2, 0) is 6.42 Å². The molecule has 0 radical (unpaired) electrons. The molecule has 2 rings (SSSR count). The Balaban J connectivity index is 2.18. The molecule has 2 aromatic heterocycles. The highest BCUT2D eigenvalue weighted by atomic mass is 16.4. The van der Waals surface area contributed by atoms with Gasteiger partial charge in [-0.2, -0.15) is 0 Å². The molecule has 1 atom stereocenters. The number of nitrogen functional groups attached to an aromatic ring is 1. The Kier molecular flexibility index (Phi) is 3.96. The van der Waals surface area contributed by atoms with Crippen molar-refractivity contribution >= 4 is 11.6 Å². The van der Waals surface area contributed by atoms with Gasteiger partial charge in [-0.15, -0.1) is 0 Å². The van der Waals surface area contributed by atoms with Gasteiger partial charge in [-0.25, -0.2) is 20.8 Å². The van der Waals surface area contributed by atoms with E-state index in [-0.39, 0.29) is 6.04 Å². The van der Waals surface area contributed by atoms with Gasteiger partial charge in [-0.1, -0.05) is 6.92 Å². The molecule has 0 bridgehead atoms. The second-order valence-corrected chi connectivity index (χ2v) is 4.23. The van der Waals surface area contributed by atoms with Gasteiger partial charge in [-0.05, 0) is 13.8 Å². The zero-order valence-electron chi connectivity index (χ0n) is 11.3. The van der Waals surface area contributed by atoms with E-state index >= 15 is 0 Å². The highest BCUT2D eigenvalue weighted by molar-refractivity contribution is 5.47. The van der Waals surface area contributed by atoms with E-state index in [9.17, 15) is 0 Å². The lowest BCUT2D eigenvalue weighted by molar-refractivity contribution is 0.453. The highest BCUT2D eigenvalue weighted by Crippen LogP contribution is 2.19. The van der Waals surface area contributed by atoms with Crippen LogP contribution in [-0.4, -0.2) is 15.0 Å². The quantitative estimate of drug-likeness (QED) is 0.557. The van der Waals surface area contributed by atoms with Crippen molar-refractivity contribution in [3.63, 3.8) is 0 Å². The van der Waals surface area contributed by atoms with E-state index in [0.29, 0.717) is 23.4 Å². The van der Waals surface area contributed by atoms with Crippen LogP contribution in [0.1, 0.15) is 37.4 Å². The molecule has 4 N–H and O–H groups in total. The van der Waals surface area contributed by atoms with Crippen LogP contribution in [0.25, 0.3) is 0 Å². The predicted molar refractivity (Wildman–Crippen MR) is 72.5 cm³/mol. The molecule has 2 aromatic rings. The summed E-state index contributed by atoms with van der Waals surface area (Å²) >= 11 is 0. The lowest BCUT2D eigenvalue weighted by Crippen LogP contribution is -2.13. The normalized spacial score (nSPS) is 12.2. The van der Waals surface area contributed by atoms with Gasteiger partial charge in [0.05, 0.1) is 6.20 Å². The molecular weight excluding hydrogens is 244 g/mol. The minimum atomic E-state index is -0.0843. The third-order valence-electron chi connectivity index (χ3n) is 2.61. The first-order chi connectivity index (χ1) is 9.12. The van der Waals surface area contributed by atoms with E-state index < -0.39 is 0 Å². The second-order valence-electron chi connectivity index (χ2n) is 4.23. The maximum atomic E-state index is 5.47. The van der Waals surface area contributed by atoms with Gasteiger partial charge in [0.2, 0.25) is 5.89 Å². The summed E-state index contributed by atoms with van der Waals surface area (Å²) in [4.78, 5) is 12.8. The summed E-state index contributed by atoms with van der Waals surface area (Å²) in [5.41, 5.74) is 2.53. The molecule has 0 aliphatic carbocycles. The van der Waals surface area contributed by atoms with Gasteiger partial charge in [-0.3, -0.25) is 0 Å². The average molecular weight is 262 g/mol. The standard InChI is InChI=1S/C12H18N6O/c1-4-9-16-10(5-11(17-9)18-13)15-8(3)12-14-6-7(2)19-12/h5-6,8H,4,13H2,1-3H3,(H2,15,16,17,18). The van der Waals surface area contributed by atoms with Crippen LogP contribution in [0.4, 0.5) is 11.6 Å². The number of nitrogens with two attached hydrogens (primary N) is 1. The minimum absolute atomic E-state index is 0.0843. The number of aromatic nitrogens is 3. The van der Waals surface area contributed by atoms with Crippen LogP contribution in [0.5, 0.6) is 0 Å². The van der Waals surface area contributed by atoms with Crippen molar-refractivity contribution in [2.45, 2.75) is 33.2 Å². The van der Waals surface area contributed by atoms with Crippen molar-refractivity contribution in [2.24, 2.45) is 5.84 Å². The molecule has 7 nitrogen and oxygen atoms in total. The largest absolute Gasteiger partial charge is 0.444 e. The number of aryl methyl sites for hydroxylation is 2. The Morgan fingerprint density at radius 2 is 2.11 bits per heavy atom. The Morgan fingerprint density at radius 3 is 2.68 bits per heavy atom. The Hall–Kier alpha value is -2.15. The Bertz CT molecular complexity index is 531. The molecule has 0 amide bonds. The maximum Gasteiger partial charge on any atom is 0.216 e. The Morgan fingerprint density at radius 1 is 1.37 bits per heavy atom. The van der Waals surface area contributed by atoms with Gasteiger partial charge in [0, 0.05) is 12.5 Å². The summed E-state index contributed by atoms with van der Waals surface area (Å²) in [7, 11) is 0. The zero-order valence-corrected chi connectivity index (χ0v) is 11.3.